The van der Waals surface area contributed by atoms with Crippen LogP contribution in [0.1, 0.15) is 21.7 Å². The monoisotopic (exact) mass is 276 g/mol. The number of benzene rings is 1. The molecule has 0 aliphatic carbocycles. The number of ether oxygens (including phenoxy) is 1. The van der Waals surface area contributed by atoms with Crippen LogP contribution in [-0.2, 0) is 4.74 Å². The Morgan fingerprint density at radius 2 is 2.21 bits per heavy atom. The van der Waals surface area contributed by atoms with Crippen LogP contribution in [0.4, 0.5) is 0 Å². The van der Waals surface area contributed by atoms with Gasteiger partial charge in [-0.05, 0) is 30.7 Å². The number of hydrogen-bond acceptors (Lipinski definition) is 5. The lowest BCUT2D eigenvalue weighted by atomic mass is 10.1. The van der Waals surface area contributed by atoms with Crippen molar-refractivity contribution in [2.24, 2.45) is 5.73 Å². The minimum atomic E-state index is -0.574. The third-order valence-electron chi connectivity index (χ3n) is 2.60. The van der Waals surface area contributed by atoms with Crippen LogP contribution in [0.3, 0.4) is 0 Å². The van der Waals surface area contributed by atoms with E-state index in [2.05, 4.69) is 14.8 Å². The molecule has 6 nitrogen and oxygen atoms in total. The third kappa shape index (κ3) is 2.60. The summed E-state index contributed by atoms with van der Waals surface area (Å²) in [7, 11) is 1.28. The molecule has 2 rings (SSSR count). The molecule has 2 N–H and O–H groups in total. The van der Waals surface area contributed by atoms with Crippen molar-refractivity contribution in [1.29, 1.82) is 0 Å². The standard InChI is InChI=1S/C12H12N4O2S/c1-7-5-8(3-4-9(7)10(13)19)16-6-14-11(15-16)12(17)18-2/h3-6H,1-2H3,(H2,13,19). The van der Waals surface area contributed by atoms with Crippen molar-refractivity contribution in [3.63, 3.8) is 0 Å². The van der Waals surface area contributed by atoms with Crippen molar-refractivity contribution < 1.29 is 9.53 Å². The number of nitrogens with zero attached hydrogens (tertiary/aromatic N) is 3. The zero-order valence-corrected chi connectivity index (χ0v) is 11.3. The Bertz CT molecular complexity index is 651. The van der Waals surface area contributed by atoms with Gasteiger partial charge in [0.05, 0.1) is 12.8 Å². The zero-order valence-electron chi connectivity index (χ0n) is 10.5. The number of aromatic nitrogens is 3. The first-order valence-electron chi connectivity index (χ1n) is 5.43. The molecule has 2 aromatic rings. The van der Waals surface area contributed by atoms with Crippen molar-refractivity contribution in [3.8, 4) is 5.69 Å². The van der Waals surface area contributed by atoms with Gasteiger partial charge in [0.15, 0.2) is 0 Å². The molecule has 0 unspecified atom stereocenters. The second kappa shape index (κ2) is 5.15. The van der Waals surface area contributed by atoms with Crippen LogP contribution in [0.2, 0.25) is 0 Å². The molecule has 7 heteroatoms. The zero-order chi connectivity index (χ0) is 14.0. The maximum Gasteiger partial charge on any atom is 0.377 e. The lowest BCUT2D eigenvalue weighted by Gasteiger charge is -2.06. The van der Waals surface area contributed by atoms with Gasteiger partial charge in [-0.1, -0.05) is 12.2 Å². The third-order valence-corrected chi connectivity index (χ3v) is 2.82. The van der Waals surface area contributed by atoms with Crippen molar-refractivity contribution in [3.05, 3.63) is 41.5 Å². The Hall–Kier alpha value is -2.28. The topological polar surface area (TPSA) is 83.0 Å². The Balaban J connectivity index is 2.37. The van der Waals surface area contributed by atoms with E-state index < -0.39 is 5.97 Å². The van der Waals surface area contributed by atoms with Gasteiger partial charge in [0.25, 0.3) is 5.82 Å². The van der Waals surface area contributed by atoms with Crippen molar-refractivity contribution in [2.75, 3.05) is 7.11 Å². The molecule has 0 spiro atoms. The molecule has 0 saturated heterocycles. The van der Waals surface area contributed by atoms with E-state index in [0.29, 0.717) is 4.99 Å². The fourth-order valence-corrected chi connectivity index (χ4v) is 1.87. The highest BCUT2D eigenvalue weighted by Crippen LogP contribution is 2.14. The smallest absolute Gasteiger partial charge is 0.377 e. The van der Waals surface area contributed by atoms with Crippen LogP contribution in [0.25, 0.3) is 5.69 Å². The van der Waals surface area contributed by atoms with E-state index in [0.717, 1.165) is 16.8 Å². The SMILES string of the molecule is COC(=O)c1ncn(-c2ccc(C(N)=S)c(C)c2)n1. The van der Waals surface area contributed by atoms with Gasteiger partial charge in [-0.25, -0.2) is 14.5 Å². The molecule has 98 valence electrons. The summed E-state index contributed by atoms with van der Waals surface area (Å²) >= 11 is 4.95. The predicted molar refractivity (Wildman–Crippen MR) is 73.3 cm³/mol. The minimum absolute atomic E-state index is 0.0126. The molecular weight excluding hydrogens is 264 g/mol. The van der Waals surface area contributed by atoms with E-state index >= 15 is 0 Å². The van der Waals surface area contributed by atoms with Crippen LogP contribution in [0, 0.1) is 6.92 Å². The van der Waals surface area contributed by atoms with Gasteiger partial charge in [0.1, 0.15) is 11.3 Å². The predicted octanol–water partition coefficient (Wildman–Crippen LogP) is 0.997. The molecule has 0 aliphatic heterocycles. The molecule has 0 saturated carbocycles. The number of thiocarbonyl (C=S) groups is 1. The summed E-state index contributed by atoms with van der Waals surface area (Å²) in [6.07, 6.45) is 1.45. The summed E-state index contributed by atoms with van der Waals surface area (Å²) in [6, 6.07) is 5.48. The maximum atomic E-state index is 11.3. The molecule has 1 aromatic heterocycles. The van der Waals surface area contributed by atoms with Crippen LogP contribution in [-0.4, -0.2) is 32.8 Å². The van der Waals surface area contributed by atoms with Crippen molar-refractivity contribution in [1.82, 2.24) is 14.8 Å². The summed E-state index contributed by atoms with van der Waals surface area (Å²) in [5, 5.41) is 4.03. The molecule has 19 heavy (non-hydrogen) atoms. The lowest BCUT2D eigenvalue weighted by Crippen LogP contribution is -2.11. The van der Waals surface area contributed by atoms with Crippen LogP contribution in [0.15, 0.2) is 24.5 Å². The first-order valence-corrected chi connectivity index (χ1v) is 5.84. The maximum absolute atomic E-state index is 11.3. The van der Waals surface area contributed by atoms with Crippen LogP contribution < -0.4 is 5.73 Å². The number of rotatable bonds is 3. The number of methoxy groups -OCH3 is 1. The van der Waals surface area contributed by atoms with Gasteiger partial charge in [-0.2, -0.15) is 0 Å². The Labute approximate surface area is 115 Å². The lowest BCUT2D eigenvalue weighted by molar-refractivity contribution is 0.0587. The van der Waals surface area contributed by atoms with E-state index in [-0.39, 0.29) is 5.82 Å². The molecule has 0 amide bonds. The van der Waals surface area contributed by atoms with E-state index in [4.69, 9.17) is 18.0 Å². The summed E-state index contributed by atoms with van der Waals surface area (Å²) in [5.41, 5.74) is 8.11. The highest BCUT2D eigenvalue weighted by Gasteiger charge is 2.12. The Morgan fingerprint density at radius 1 is 1.47 bits per heavy atom. The highest BCUT2D eigenvalue weighted by atomic mass is 32.1. The van der Waals surface area contributed by atoms with Crippen molar-refractivity contribution >= 4 is 23.2 Å². The quantitative estimate of drug-likeness (QED) is 0.665. The normalized spacial score (nSPS) is 10.2. The number of aryl methyl sites for hydroxylation is 1. The Kier molecular flexibility index (Phi) is 3.57. The number of carbonyl (C=O) groups is 1. The first kappa shape index (κ1) is 13.2. The molecule has 0 radical (unpaired) electrons. The van der Waals surface area contributed by atoms with E-state index in [1.807, 2.05) is 19.1 Å². The summed E-state index contributed by atoms with van der Waals surface area (Å²) in [4.78, 5) is 15.5. The second-order valence-electron chi connectivity index (χ2n) is 3.87. The number of nitrogens with two attached hydrogens (primary N) is 1. The van der Waals surface area contributed by atoms with Crippen LogP contribution >= 0.6 is 12.2 Å². The molecular formula is C12H12N4O2S. The Morgan fingerprint density at radius 3 is 2.79 bits per heavy atom. The number of esters is 1. The number of hydrogen-bond donors (Lipinski definition) is 1. The fourth-order valence-electron chi connectivity index (χ4n) is 1.64. The minimum Gasteiger partial charge on any atom is -0.463 e. The molecule has 1 heterocycles. The van der Waals surface area contributed by atoms with Gasteiger partial charge in [0, 0.05) is 5.56 Å². The molecule has 1 aromatic carbocycles. The van der Waals surface area contributed by atoms with Gasteiger partial charge in [-0.3, -0.25) is 0 Å². The van der Waals surface area contributed by atoms with Crippen molar-refractivity contribution in [2.45, 2.75) is 6.92 Å². The summed E-state index contributed by atoms with van der Waals surface area (Å²) in [5.74, 6) is -0.561. The van der Waals surface area contributed by atoms with E-state index in [1.165, 1.54) is 18.1 Å². The van der Waals surface area contributed by atoms with Gasteiger partial charge in [0.2, 0.25) is 0 Å². The van der Waals surface area contributed by atoms with Gasteiger partial charge < -0.3 is 10.5 Å². The van der Waals surface area contributed by atoms with E-state index in [9.17, 15) is 4.79 Å². The molecule has 0 aliphatic rings. The van der Waals surface area contributed by atoms with Gasteiger partial charge in [-0.15, -0.1) is 5.10 Å². The first-order chi connectivity index (χ1) is 9.02. The fraction of sp³-hybridized carbons (Fsp3) is 0.167. The molecule has 0 bridgehead atoms. The average molecular weight is 276 g/mol. The largest absolute Gasteiger partial charge is 0.463 e. The summed E-state index contributed by atoms with van der Waals surface area (Å²) in [6.45, 7) is 1.90. The summed E-state index contributed by atoms with van der Waals surface area (Å²) < 4.78 is 6.04. The second-order valence-corrected chi connectivity index (χ2v) is 4.31. The van der Waals surface area contributed by atoms with Crippen LogP contribution in [0.5, 0.6) is 0 Å². The highest BCUT2D eigenvalue weighted by molar-refractivity contribution is 7.80. The number of carbonyl (C=O) groups excluding carboxylic acids is 1. The van der Waals surface area contributed by atoms with E-state index in [1.54, 1.807) is 6.07 Å². The average Bonchev–Trinajstić information content (AvgIpc) is 2.86. The molecule has 0 fully saturated rings. The molecule has 0 atom stereocenters. The van der Waals surface area contributed by atoms with Gasteiger partial charge >= 0.3 is 5.97 Å².